The minimum atomic E-state index is -4.85. The fraction of sp³-hybridized carbons (Fsp3) is 0.167. The zero-order valence-electron chi connectivity index (χ0n) is 59.7. The van der Waals surface area contributed by atoms with Gasteiger partial charge in [0.2, 0.25) is 11.8 Å². The van der Waals surface area contributed by atoms with Gasteiger partial charge in [-0.1, -0.05) is 149 Å². The smallest absolute Gasteiger partial charge is 0.339 e. The zero-order chi connectivity index (χ0) is 78.6. The maximum absolute atomic E-state index is 15.4. The maximum atomic E-state index is 15.4. The highest BCUT2D eigenvalue weighted by atomic mass is 79.9. The molecular weight excluding hydrogens is 1760 g/mol. The summed E-state index contributed by atoms with van der Waals surface area (Å²) in [5.41, 5.74) is 4.48. The van der Waals surface area contributed by atoms with Crippen molar-refractivity contribution in [3.8, 4) is 23.0 Å². The van der Waals surface area contributed by atoms with Crippen LogP contribution in [0, 0.1) is 0 Å². The summed E-state index contributed by atoms with van der Waals surface area (Å²) in [6.45, 7) is 0.930. The summed E-state index contributed by atoms with van der Waals surface area (Å²) < 4.78 is 150. The van der Waals surface area contributed by atoms with Gasteiger partial charge in [-0.15, -0.1) is 0 Å². The Balaban J connectivity index is 1.05. The average Bonchev–Trinajstić information content (AvgIpc) is 0.764. The third-order valence-corrected chi connectivity index (χ3v) is 25.6. The molecule has 12 aromatic rings. The van der Waals surface area contributed by atoms with Gasteiger partial charge in [0.25, 0.3) is 0 Å². The highest BCUT2D eigenvalue weighted by Crippen LogP contribution is 2.43. The van der Waals surface area contributed by atoms with Gasteiger partial charge in [0.1, 0.15) is 42.6 Å². The van der Waals surface area contributed by atoms with Crippen LogP contribution in [0.25, 0.3) is 0 Å². The minimum absolute atomic E-state index is 0.0915. The summed E-state index contributed by atoms with van der Waals surface area (Å²) in [7, 11) is -19.4. The monoisotopic (exact) mass is 1830 g/mol. The number of aromatic nitrogens is 4. The summed E-state index contributed by atoms with van der Waals surface area (Å²) in [6.07, 6.45) is 6.00. The second kappa shape index (κ2) is 35.9. The number of hydrogen-bond acceptors (Lipinski definition) is 18. The van der Waals surface area contributed by atoms with Gasteiger partial charge in [-0.05, 0) is 157 Å². The summed E-state index contributed by atoms with van der Waals surface area (Å²) in [4.78, 5) is 51.4. The number of para-hydroxylation sites is 2. The van der Waals surface area contributed by atoms with Gasteiger partial charge in [0.05, 0.1) is 12.8 Å². The molecular formula is C84H70Br4N6O14S4. The van der Waals surface area contributed by atoms with Crippen molar-refractivity contribution in [3.05, 3.63) is 352 Å². The molecule has 2 amide bonds. The molecule has 572 valence electrons. The topological polar surface area (TPSA) is 266 Å². The van der Waals surface area contributed by atoms with Crippen molar-refractivity contribution in [2.75, 3.05) is 26.2 Å². The van der Waals surface area contributed by atoms with Gasteiger partial charge in [0, 0.05) is 188 Å². The Kier molecular flexibility index (Phi) is 25.8. The fourth-order valence-electron chi connectivity index (χ4n) is 13.0. The van der Waals surface area contributed by atoms with E-state index in [9.17, 15) is 0 Å². The lowest BCUT2D eigenvalue weighted by atomic mass is 9.89. The van der Waals surface area contributed by atoms with E-state index in [1.807, 2.05) is 48.5 Å². The Hall–Kier alpha value is -9.78. The first-order chi connectivity index (χ1) is 53.9. The number of halogens is 4. The van der Waals surface area contributed by atoms with Gasteiger partial charge < -0.3 is 26.5 Å². The number of carbonyl (C=O) groups is 2. The molecule has 0 radical (unpaired) electrons. The number of nitrogens with zero attached hydrogens (tertiary/aromatic N) is 6. The first-order valence-corrected chi connectivity index (χ1v) is 44.1. The number of amides is 2. The van der Waals surface area contributed by atoms with Crippen molar-refractivity contribution in [2.24, 2.45) is 0 Å². The Morgan fingerprint density at radius 3 is 0.732 bits per heavy atom. The Morgan fingerprint density at radius 1 is 0.295 bits per heavy atom. The number of carbonyl (C=O) groups excluding carboxylic acids is 2. The maximum Gasteiger partial charge on any atom is 0.339 e. The molecule has 0 fully saturated rings. The number of rotatable bonds is 28. The van der Waals surface area contributed by atoms with Gasteiger partial charge >= 0.3 is 40.5 Å². The van der Waals surface area contributed by atoms with Crippen LogP contribution in [-0.2, 0) is 114 Å². The van der Waals surface area contributed by atoms with Gasteiger partial charge in [-0.25, -0.2) is 0 Å². The Labute approximate surface area is 684 Å². The molecule has 112 heavy (non-hydrogen) atoms. The van der Waals surface area contributed by atoms with E-state index in [-0.39, 0.29) is 138 Å². The molecule has 0 unspecified atom stereocenters. The van der Waals surface area contributed by atoms with E-state index < -0.39 is 66.2 Å². The van der Waals surface area contributed by atoms with E-state index >= 15 is 43.3 Å². The number of pyridine rings is 4. The molecule has 0 saturated carbocycles. The second-order valence-electron chi connectivity index (χ2n) is 26.4. The first kappa shape index (κ1) is 80.3. The van der Waals surface area contributed by atoms with Crippen LogP contribution in [-0.4, -0.2) is 101 Å². The quantitative estimate of drug-likeness (QED) is 0.0412. The van der Waals surface area contributed by atoms with Crippen LogP contribution >= 0.6 is 63.7 Å². The molecule has 13 rings (SSSR count). The third kappa shape index (κ3) is 20.7. The van der Waals surface area contributed by atoms with Gasteiger partial charge in [-0.2, -0.15) is 33.7 Å². The molecule has 4 aromatic heterocycles. The molecule has 0 spiro atoms. The second-order valence-corrected chi connectivity index (χ2v) is 36.2. The molecule has 28 heteroatoms. The van der Waals surface area contributed by atoms with Crippen LogP contribution < -0.4 is 16.7 Å². The molecule has 0 aliphatic heterocycles. The molecule has 1 aliphatic carbocycles. The summed E-state index contributed by atoms with van der Waals surface area (Å²) in [5, 5.41) is 0. The molecule has 4 heterocycles. The normalized spacial score (nSPS) is 12.3. The number of benzene rings is 8. The van der Waals surface area contributed by atoms with E-state index in [0.717, 1.165) is 22.8 Å². The van der Waals surface area contributed by atoms with E-state index in [0.29, 0.717) is 54.7 Å². The van der Waals surface area contributed by atoms with Crippen LogP contribution in [0.2, 0.25) is 0 Å². The van der Waals surface area contributed by atoms with Crippen LogP contribution in [0.4, 0.5) is 0 Å². The summed E-state index contributed by atoms with van der Waals surface area (Å²) >= 11 is 13.7. The van der Waals surface area contributed by atoms with E-state index in [1.54, 1.807) is 120 Å². The van der Waals surface area contributed by atoms with Crippen LogP contribution in [0.5, 0.6) is 23.0 Å². The van der Waals surface area contributed by atoms with Crippen molar-refractivity contribution in [1.29, 1.82) is 0 Å². The van der Waals surface area contributed by atoms with Crippen molar-refractivity contribution < 1.29 is 60.0 Å². The van der Waals surface area contributed by atoms with Crippen molar-refractivity contribution in [2.45, 2.75) is 83.8 Å². The molecule has 0 N–H and O–H groups in total. The molecule has 8 aromatic carbocycles. The molecule has 0 atom stereocenters. The first-order valence-electron chi connectivity index (χ1n) is 35.3. The van der Waals surface area contributed by atoms with Crippen molar-refractivity contribution in [3.63, 3.8) is 0 Å². The predicted octanol–water partition coefficient (Wildman–Crippen LogP) is 15.8. The Morgan fingerprint density at radius 2 is 0.518 bits per heavy atom. The van der Waals surface area contributed by atoms with Crippen molar-refractivity contribution >= 4 is 116 Å². The average molecular weight is 1840 g/mol. The largest absolute Gasteiger partial charge is 0.378 e. The SMILES string of the molecule is O=C(Cc1cc2c(OS(=O)(=O)c3ccc(Br)cc3)c(c1)Cc1cccc(c1OS(=O)(=O)c1ccc(Br)cc1)Cc1cc(CC(=O)N(CCc3ccccn3)CCc3ccccn3)cc(c1OS(=O)(=O)c1ccc(Br)cc1)Cc1cccc(c1OS(=O)(=O)c1ccc(Br)cc1)C2)N(CCc1ccccn1)CCc1ccccn1. The van der Waals surface area contributed by atoms with E-state index in [4.69, 9.17) is 16.7 Å². The number of hydrogen-bond donors (Lipinski definition) is 0. The molecule has 20 nitrogen and oxygen atoms in total. The molecule has 8 bridgehead atoms. The third-order valence-electron chi connectivity index (χ3n) is 18.5. The van der Waals surface area contributed by atoms with Crippen LogP contribution in [0.3, 0.4) is 0 Å². The standard InChI is InChI=1S/C84H70Br4N6O14S4/c85-67-19-27-75(28-20-67)109(97,98)105-81-59-11-9-13-61(81)55-65-49-58(52-80(96)94(45-37-73-17-3-7-41-91-73)46-38-74-18-4-8-42-92-74)50-66(84(65)108-112(103,104)78-33-25-70(88)26-34-78)56-62-14-10-12-60(82(62)106-110(99,100)76-29-21-68(86)22-30-76)54-64-48-57(47-63(53-59)83(64)107-111(101,102)77-31-23-69(87)24-32-77)51-79(95)93(43-35-71-15-1-5-39-89-71)44-36-72-16-2-6-40-90-72/h1-34,39-42,47-50H,35-38,43-46,51-56H2. The lowest BCUT2D eigenvalue weighted by molar-refractivity contribution is -0.131. The lowest BCUT2D eigenvalue weighted by Crippen LogP contribution is -2.36. The van der Waals surface area contributed by atoms with E-state index in [2.05, 4.69) is 83.7 Å². The predicted molar refractivity (Wildman–Crippen MR) is 437 cm³/mol. The number of fused-ring (bicyclic) bond motifs is 8. The zero-order valence-corrected chi connectivity index (χ0v) is 69.3. The Bertz CT molecular complexity index is 5340. The molecule has 0 saturated heterocycles. The highest BCUT2D eigenvalue weighted by molar-refractivity contribution is 9.11. The minimum Gasteiger partial charge on any atom is -0.378 e. The summed E-state index contributed by atoms with van der Waals surface area (Å²) in [5.74, 6) is -1.76. The van der Waals surface area contributed by atoms with Crippen LogP contribution in [0.15, 0.2) is 293 Å². The van der Waals surface area contributed by atoms with E-state index in [1.165, 1.54) is 97.1 Å². The van der Waals surface area contributed by atoms with Gasteiger partial charge in [0.15, 0.2) is 0 Å². The lowest BCUT2D eigenvalue weighted by Gasteiger charge is -2.25. The van der Waals surface area contributed by atoms with Crippen LogP contribution in [0.1, 0.15) is 78.4 Å². The highest BCUT2D eigenvalue weighted by Gasteiger charge is 2.33. The van der Waals surface area contributed by atoms with Gasteiger partial charge in [-0.3, -0.25) is 29.5 Å². The fourth-order valence-corrected chi connectivity index (χ4v) is 18.0. The molecule has 1 aliphatic rings. The van der Waals surface area contributed by atoms with Crippen molar-refractivity contribution in [1.82, 2.24) is 29.7 Å². The summed E-state index contributed by atoms with van der Waals surface area (Å²) in [6, 6.07) is 61.2.